The number of amides is 1. The summed E-state index contributed by atoms with van der Waals surface area (Å²) in [5.74, 6) is 0.0357. The van der Waals surface area contributed by atoms with E-state index in [-0.39, 0.29) is 6.04 Å². The summed E-state index contributed by atoms with van der Waals surface area (Å²) < 4.78 is 5.06. The third kappa shape index (κ3) is 3.47. The molecule has 0 bridgehead atoms. The van der Waals surface area contributed by atoms with Crippen LogP contribution in [0.1, 0.15) is 13.8 Å². The van der Waals surface area contributed by atoms with Crippen LogP contribution in [-0.2, 0) is 9.53 Å². The first kappa shape index (κ1) is 11.2. The fourth-order valence-corrected chi connectivity index (χ4v) is 1.27. The summed E-state index contributed by atoms with van der Waals surface area (Å²) in [6.45, 7) is 5.71. The van der Waals surface area contributed by atoms with Crippen LogP contribution in [0.5, 0.6) is 0 Å². The molecule has 1 aliphatic rings. The molecule has 1 aliphatic heterocycles. The van der Waals surface area contributed by atoms with E-state index in [1.54, 1.807) is 0 Å². The SMILES string of the molecule is CC(C)C(C=CC(N)=O)NC1COC1. The molecule has 4 nitrogen and oxygen atoms in total. The Morgan fingerprint density at radius 2 is 2.21 bits per heavy atom. The summed E-state index contributed by atoms with van der Waals surface area (Å²) in [5, 5.41) is 3.39. The molecule has 1 atom stereocenters. The molecular formula is C10H18N2O2. The minimum absolute atomic E-state index is 0.191. The molecule has 0 saturated carbocycles. The van der Waals surface area contributed by atoms with E-state index in [9.17, 15) is 4.79 Å². The van der Waals surface area contributed by atoms with Crippen molar-refractivity contribution in [3.63, 3.8) is 0 Å². The molecule has 80 valence electrons. The van der Waals surface area contributed by atoms with Crippen LogP contribution >= 0.6 is 0 Å². The Balaban J connectivity index is 2.41. The lowest BCUT2D eigenvalue weighted by Gasteiger charge is -2.32. The second-order valence-corrected chi connectivity index (χ2v) is 3.93. The third-order valence-corrected chi connectivity index (χ3v) is 2.25. The lowest BCUT2D eigenvalue weighted by atomic mass is 10.0. The molecule has 4 heteroatoms. The monoisotopic (exact) mass is 198 g/mol. The largest absolute Gasteiger partial charge is 0.378 e. The predicted molar refractivity (Wildman–Crippen MR) is 54.7 cm³/mol. The summed E-state index contributed by atoms with van der Waals surface area (Å²) in [6, 6.07) is 0.608. The highest BCUT2D eigenvalue weighted by atomic mass is 16.5. The zero-order chi connectivity index (χ0) is 10.6. The number of carbonyl (C=O) groups is 1. The van der Waals surface area contributed by atoms with Crippen LogP contribution in [0.2, 0.25) is 0 Å². The van der Waals surface area contributed by atoms with Crippen LogP contribution in [0.15, 0.2) is 12.2 Å². The predicted octanol–water partition coefficient (Wildman–Crippen LogP) is 0.0409. The van der Waals surface area contributed by atoms with Crippen molar-refractivity contribution in [1.29, 1.82) is 0 Å². The van der Waals surface area contributed by atoms with Crippen molar-refractivity contribution in [2.75, 3.05) is 13.2 Å². The van der Waals surface area contributed by atoms with Gasteiger partial charge in [0.25, 0.3) is 0 Å². The minimum Gasteiger partial charge on any atom is -0.378 e. The van der Waals surface area contributed by atoms with E-state index in [1.807, 2.05) is 6.08 Å². The van der Waals surface area contributed by atoms with Crippen molar-refractivity contribution >= 4 is 5.91 Å². The number of ether oxygens (including phenoxy) is 1. The molecule has 0 spiro atoms. The quantitative estimate of drug-likeness (QED) is 0.613. The molecule has 0 aromatic rings. The van der Waals surface area contributed by atoms with Crippen LogP contribution in [0.4, 0.5) is 0 Å². The Kier molecular flexibility index (Phi) is 4.10. The average molecular weight is 198 g/mol. The summed E-state index contributed by atoms with van der Waals surface area (Å²) in [6.07, 6.45) is 3.24. The van der Waals surface area contributed by atoms with Crippen LogP contribution in [0, 0.1) is 5.92 Å². The first-order valence-corrected chi connectivity index (χ1v) is 4.91. The van der Waals surface area contributed by atoms with E-state index >= 15 is 0 Å². The number of carbonyl (C=O) groups excluding carboxylic acids is 1. The Morgan fingerprint density at radius 3 is 2.57 bits per heavy atom. The van der Waals surface area contributed by atoms with E-state index in [4.69, 9.17) is 10.5 Å². The highest BCUT2D eigenvalue weighted by Gasteiger charge is 2.22. The zero-order valence-electron chi connectivity index (χ0n) is 8.69. The van der Waals surface area contributed by atoms with Crippen molar-refractivity contribution < 1.29 is 9.53 Å². The molecule has 1 unspecified atom stereocenters. The first-order chi connectivity index (χ1) is 6.59. The van der Waals surface area contributed by atoms with Gasteiger partial charge in [-0.05, 0) is 5.92 Å². The molecule has 3 N–H and O–H groups in total. The van der Waals surface area contributed by atoms with Crippen molar-refractivity contribution in [2.45, 2.75) is 25.9 Å². The molecule has 1 amide bonds. The Labute approximate surface area is 84.5 Å². The number of hydrogen-bond donors (Lipinski definition) is 2. The van der Waals surface area contributed by atoms with Crippen LogP contribution in [0.3, 0.4) is 0 Å². The highest BCUT2D eigenvalue weighted by molar-refractivity contribution is 5.85. The third-order valence-electron chi connectivity index (χ3n) is 2.25. The van der Waals surface area contributed by atoms with Crippen molar-refractivity contribution in [3.05, 3.63) is 12.2 Å². The standard InChI is InChI=1S/C10H18N2O2/c1-7(2)9(3-4-10(11)13)12-8-5-14-6-8/h3-4,7-9,12H,5-6H2,1-2H3,(H2,11,13). The van der Waals surface area contributed by atoms with E-state index in [0.29, 0.717) is 12.0 Å². The van der Waals surface area contributed by atoms with E-state index in [1.165, 1.54) is 6.08 Å². The molecule has 0 aromatic heterocycles. The highest BCUT2D eigenvalue weighted by Crippen LogP contribution is 2.08. The number of nitrogens with two attached hydrogens (primary N) is 1. The second kappa shape index (κ2) is 5.12. The van der Waals surface area contributed by atoms with Gasteiger partial charge in [0.05, 0.1) is 19.3 Å². The van der Waals surface area contributed by atoms with Gasteiger partial charge in [-0.1, -0.05) is 19.9 Å². The lowest BCUT2D eigenvalue weighted by Crippen LogP contribution is -2.51. The van der Waals surface area contributed by atoms with Gasteiger partial charge >= 0.3 is 0 Å². The molecule has 1 rings (SSSR count). The Hall–Kier alpha value is -0.870. The van der Waals surface area contributed by atoms with Gasteiger partial charge in [-0.25, -0.2) is 0 Å². The first-order valence-electron chi connectivity index (χ1n) is 4.91. The Morgan fingerprint density at radius 1 is 1.57 bits per heavy atom. The van der Waals surface area contributed by atoms with Gasteiger partial charge in [-0.2, -0.15) is 0 Å². The van der Waals surface area contributed by atoms with Crippen molar-refractivity contribution in [1.82, 2.24) is 5.32 Å². The summed E-state index contributed by atoms with van der Waals surface area (Å²) in [5.41, 5.74) is 5.04. The van der Waals surface area contributed by atoms with E-state index in [2.05, 4.69) is 19.2 Å². The van der Waals surface area contributed by atoms with E-state index < -0.39 is 5.91 Å². The summed E-state index contributed by atoms with van der Waals surface area (Å²) in [7, 11) is 0. The molecule has 1 heterocycles. The molecule has 14 heavy (non-hydrogen) atoms. The van der Waals surface area contributed by atoms with Gasteiger partial charge in [0.1, 0.15) is 0 Å². The van der Waals surface area contributed by atoms with Crippen molar-refractivity contribution in [2.24, 2.45) is 11.7 Å². The van der Waals surface area contributed by atoms with Gasteiger partial charge in [0.15, 0.2) is 0 Å². The van der Waals surface area contributed by atoms with Gasteiger partial charge in [0, 0.05) is 12.1 Å². The van der Waals surface area contributed by atoms with Gasteiger partial charge in [-0.3, -0.25) is 4.79 Å². The average Bonchev–Trinajstić information content (AvgIpc) is 1.99. The van der Waals surface area contributed by atoms with Gasteiger partial charge in [-0.15, -0.1) is 0 Å². The Bertz CT molecular complexity index is 222. The van der Waals surface area contributed by atoms with Crippen LogP contribution < -0.4 is 11.1 Å². The minimum atomic E-state index is -0.401. The van der Waals surface area contributed by atoms with Crippen LogP contribution in [-0.4, -0.2) is 31.2 Å². The molecule has 0 aliphatic carbocycles. The maximum absolute atomic E-state index is 10.6. The second-order valence-electron chi connectivity index (χ2n) is 3.93. The number of rotatable bonds is 5. The zero-order valence-corrected chi connectivity index (χ0v) is 8.69. The maximum atomic E-state index is 10.6. The van der Waals surface area contributed by atoms with Crippen molar-refractivity contribution in [3.8, 4) is 0 Å². The fourth-order valence-electron chi connectivity index (χ4n) is 1.27. The molecule has 1 saturated heterocycles. The number of primary amides is 1. The molecular weight excluding hydrogens is 180 g/mol. The number of hydrogen-bond acceptors (Lipinski definition) is 3. The maximum Gasteiger partial charge on any atom is 0.241 e. The smallest absolute Gasteiger partial charge is 0.241 e. The van der Waals surface area contributed by atoms with Crippen LogP contribution in [0.25, 0.3) is 0 Å². The lowest BCUT2D eigenvalue weighted by molar-refractivity contribution is -0.113. The number of nitrogens with one attached hydrogen (secondary N) is 1. The summed E-state index contributed by atoms with van der Waals surface area (Å²) >= 11 is 0. The summed E-state index contributed by atoms with van der Waals surface area (Å²) in [4.78, 5) is 10.6. The normalized spacial score (nSPS) is 19.9. The fraction of sp³-hybridized carbons (Fsp3) is 0.700. The molecule has 0 radical (unpaired) electrons. The molecule has 0 aromatic carbocycles. The van der Waals surface area contributed by atoms with Gasteiger partial charge in [0.2, 0.25) is 5.91 Å². The molecule has 1 fully saturated rings. The van der Waals surface area contributed by atoms with Gasteiger partial charge < -0.3 is 15.8 Å². The van der Waals surface area contributed by atoms with E-state index in [0.717, 1.165) is 13.2 Å². The topological polar surface area (TPSA) is 64.4 Å².